The van der Waals surface area contributed by atoms with Gasteiger partial charge in [0.05, 0.1) is 6.10 Å². The molecule has 0 atom stereocenters. The molecule has 14 heavy (non-hydrogen) atoms. The van der Waals surface area contributed by atoms with E-state index in [4.69, 9.17) is 4.74 Å². The normalized spacial score (nSPS) is 33.2. The maximum atomic E-state index is 5.90. The lowest BCUT2D eigenvalue weighted by atomic mass is 9.93. The van der Waals surface area contributed by atoms with Crippen molar-refractivity contribution in [2.75, 3.05) is 13.7 Å². The second kappa shape index (κ2) is 5.13. The van der Waals surface area contributed by atoms with Crippen LogP contribution in [0, 0.1) is 5.92 Å². The third kappa shape index (κ3) is 3.25. The fraction of sp³-hybridized carbons (Fsp3) is 1.00. The van der Waals surface area contributed by atoms with E-state index in [1.54, 1.807) is 0 Å². The van der Waals surface area contributed by atoms with E-state index in [0.717, 1.165) is 18.6 Å². The van der Waals surface area contributed by atoms with Crippen LogP contribution in [0.3, 0.4) is 0 Å². The van der Waals surface area contributed by atoms with Gasteiger partial charge in [-0.1, -0.05) is 12.8 Å². The number of hydrogen-bond acceptors (Lipinski definition) is 2. The van der Waals surface area contributed by atoms with Gasteiger partial charge < -0.3 is 10.1 Å². The Labute approximate surface area is 87.4 Å². The highest BCUT2D eigenvalue weighted by molar-refractivity contribution is 4.77. The average molecular weight is 197 g/mol. The molecule has 0 bridgehead atoms. The van der Waals surface area contributed by atoms with Crippen LogP contribution in [0.1, 0.15) is 44.9 Å². The highest BCUT2D eigenvalue weighted by Gasteiger charge is 2.23. The molecule has 0 spiro atoms. The summed E-state index contributed by atoms with van der Waals surface area (Å²) in [6.07, 6.45) is 9.90. The van der Waals surface area contributed by atoms with Crippen LogP contribution >= 0.6 is 0 Å². The van der Waals surface area contributed by atoms with E-state index in [2.05, 4.69) is 12.4 Å². The summed E-state index contributed by atoms with van der Waals surface area (Å²) < 4.78 is 5.90. The zero-order valence-electron chi connectivity index (χ0n) is 9.30. The van der Waals surface area contributed by atoms with Gasteiger partial charge in [-0.15, -0.1) is 0 Å². The van der Waals surface area contributed by atoms with Crippen LogP contribution in [0.15, 0.2) is 0 Å². The molecule has 2 aliphatic rings. The molecule has 0 radical (unpaired) electrons. The topological polar surface area (TPSA) is 21.3 Å². The predicted molar refractivity (Wildman–Crippen MR) is 58.4 cm³/mol. The molecule has 0 aromatic heterocycles. The molecule has 0 heterocycles. The van der Waals surface area contributed by atoms with Crippen LogP contribution in [0.25, 0.3) is 0 Å². The standard InChI is InChI=1S/C12H23NO/c1-13-11-4-6-12(7-5-11)14-9-8-10-2-3-10/h10-13H,2-9H2,1H3. The Morgan fingerprint density at radius 2 is 1.79 bits per heavy atom. The third-order valence-electron chi connectivity index (χ3n) is 3.66. The maximum Gasteiger partial charge on any atom is 0.0576 e. The summed E-state index contributed by atoms with van der Waals surface area (Å²) in [5.74, 6) is 1.02. The summed E-state index contributed by atoms with van der Waals surface area (Å²) in [4.78, 5) is 0. The maximum absolute atomic E-state index is 5.90. The third-order valence-corrected chi connectivity index (χ3v) is 3.66. The lowest BCUT2D eigenvalue weighted by Gasteiger charge is -2.28. The van der Waals surface area contributed by atoms with E-state index in [9.17, 15) is 0 Å². The molecule has 2 fully saturated rings. The molecule has 0 amide bonds. The first-order valence-electron chi connectivity index (χ1n) is 6.17. The molecule has 1 N–H and O–H groups in total. The van der Waals surface area contributed by atoms with Gasteiger partial charge in [-0.3, -0.25) is 0 Å². The van der Waals surface area contributed by atoms with Crippen molar-refractivity contribution in [3.8, 4) is 0 Å². The van der Waals surface area contributed by atoms with Crippen molar-refractivity contribution in [3.05, 3.63) is 0 Å². The summed E-state index contributed by atoms with van der Waals surface area (Å²) in [6.45, 7) is 1.01. The molecule has 0 unspecified atom stereocenters. The molecule has 0 aromatic carbocycles. The van der Waals surface area contributed by atoms with Crippen LogP contribution in [0.5, 0.6) is 0 Å². The second-order valence-corrected chi connectivity index (χ2v) is 4.87. The van der Waals surface area contributed by atoms with Crippen LogP contribution in [0.2, 0.25) is 0 Å². The van der Waals surface area contributed by atoms with Crippen LogP contribution in [0.4, 0.5) is 0 Å². The van der Waals surface area contributed by atoms with Gasteiger partial charge in [0.25, 0.3) is 0 Å². The Kier molecular flexibility index (Phi) is 3.82. The van der Waals surface area contributed by atoms with Gasteiger partial charge in [0, 0.05) is 12.6 Å². The van der Waals surface area contributed by atoms with Crippen LogP contribution < -0.4 is 5.32 Å². The molecule has 2 heteroatoms. The molecule has 2 aliphatic carbocycles. The zero-order chi connectivity index (χ0) is 9.80. The van der Waals surface area contributed by atoms with Crippen molar-refractivity contribution in [2.24, 2.45) is 5.92 Å². The second-order valence-electron chi connectivity index (χ2n) is 4.87. The van der Waals surface area contributed by atoms with Gasteiger partial charge in [-0.05, 0) is 45.1 Å². The quantitative estimate of drug-likeness (QED) is 0.730. The Hall–Kier alpha value is -0.0800. The highest BCUT2D eigenvalue weighted by Crippen LogP contribution is 2.32. The largest absolute Gasteiger partial charge is 0.378 e. The fourth-order valence-corrected chi connectivity index (χ4v) is 2.33. The first kappa shape index (κ1) is 10.4. The van der Waals surface area contributed by atoms with E-state index in [1.165, 1.54) is 44.9 Å². The number of rotatable bonds is 5. The number of hydrogen-bond donors (Lipinski definition) is 1. The van der Waals surface area contributed by atoms with Gasteiger partial charge in [0.1, 0.15) is 0 Å². The summed E-state index contributed by atoms with van der Waals surface area (Å²) in [6, 6.07) is 0.748. The van der Waals surface area contributed by atoms with Gasteiger partial charge >= 0.3 is 0 Å². The van der Waals surface area contributed by atoms with Crippen molar-refractivity contribution in [1.82, 2.24) is 5.32 Å². The smallest absolute Gasteiger partial charge is 0.0576 e. The minimum Gasteiger partial charge on any atom is -0.378 e. The van der Waals surface area contributed by atoms with E-state index < -0.39 is 0 Å². The molecular weight excluding hydrogens is 174 g/mol. The lowest BCUT2D eigenvalue weighted by molar-refractivity contribution is 0.0200. The van der Waals surface area contributed by atoms with E-state index >= 15 is 0 Å². The minimum absolute atomic E-state index is 0.568. The monoisotopic (exact) mass is 197 g/mol. The minimum atomic E-state index is 0.568. The van der Waals surface area contributed by atoms with Gasteiger partial charge in [-0.25, -0.2) is 0 Å². The first-order valence-corrected chi connectivity index (χ1v) is 6.17. The number of nitrogens with one attached hydrogen (secondary N) is 1. The van der Waals surface area contributed by atoms with Gasteiger partial charge in [0.15, 0.2) is 0 Å². The molecule has 2 rings (SSSR count). The van der Waals surface area contributed by atoms with Crippen molar-refractivity contribution in [1.29, 1.82) is 0 Å². The number of ether oxygens (including phenoxy) is 1. The molecule has 0 saturated heterocycles. The zero-order valence-corrected chi connectivity index (χ0v) is 9.30. The Morgan fingerprint density at radius 1 is 1.07 bits per heavy atom. The fourth-order valence-electron chi connectivity index (χ4n) is 2.33. The van der Waals surface area contributed by atoms with E-state index in [0.29, 0.717) is 6.10 Å². The van der Waals surface area contributed by atoms with Crippen molar-refractivity contribution >= 4 is 0 Å². The lowest BCUT2D eigenvalue weighted by Crippen LogP contribution is -2.33. The molecule has 2 saturated carbocycles. The molecule has 0 aliphatic heterocycles. The summed E-state index contributed by atoms with van der Waals surface area (Å²) in [5, 5.41) is 3.35. The van der Waals surface area contributed by atoms with E-state index in [1.807, 2.05) is 0 Å². The highest BCUT2D eigenvalue weighted by atomic mass is 16.5. The Morgan fingerprint density at radius 3 is 2.36 bits per heavy atom. The predicted octanol–water partition coefficient (Wildman–Crippen LogP) is 2.33. The molecule has 82 valence electrons. The summed E-state index contributed by atoms with van der Waals surface area (Å²) in [5.41, 5.74) is 0. The molecule has 2 nitrogen and oxygen atoms in total. The molecular formula is C12H23NO. The SMILES string of the molecule is CNC1CCC(OCCC2CC2)CC1. The summed E-state index contributed by atoms with van der Waals surface area (Å²) >= 11 is 0. The van der Waals surface area contributed by atoms with Crippen molar-refractivity contribution in [2.45, 2.75) is 57.1 Å². The van der Waals surface area contributed by atoms with Crippen molar-refractivity contribution < 1.29 is 4.74 Å². The average Bonchev–Trinajstić information content (AvgIpc) is 3.03. The van der Waals surface area contributed by atoms with Crippen LogP contribution in [-0.4, -0.2) is 25.8 Å². The van der Waals surface area contributed by atoms with Crippen LogP contribution in [-0.2, 0) is 4.74 Å². The molecule has 0 aromatic rings. The van der Waals surface area contributed by atoms with Crippen molar-refractivity contribution in [3.63, 3.8) is 0 Å². The van der Waals surface area contributed by atoms with Gasteiger partial charge in [0.2, 0.25) is 0 Å². The Bertz CT molecular complexity index is 160. The Balaban J connectivity index is 1.53. The van der Waals surface area contributed by atoms with E-state index in [-0.39, 0.29) is 0 Å². The summed E-state index contributed by atoms with van der Waals surface area (Å²) in [7, 11) is 2.07. The van der Waals surface area contributed by atoms with Gasteiger partial charge in [-0.2, -0.15) is 0 Å². The first-order chi connectivity index (χ1) is 6.88.